The maximum absolute atomic E-state index is 11.9. The number of nitrogens with one attached hydrogen (secondary N) is 2. The lowest BCUT2D eigenvalue weighted by Crippen LogP contribution is -2.28. The molecule has 5 nitrogen and oxygen atoms in total. The van der Waals surface area contributed by atoms with E-state index in [4.69, 9.17) is 4.74 Å². The largest absolute Gasteiger partial charge is 0.490 e. The second-order valence-electron chi connectivity index (χ2n) is 5.68. The van der Waals surface area contributed by atoms with Gasteiger partial charge in [-0.05, 0) is 62.1 Å². The highest BCUT2D eigenvalue weighted by Crippen LogP contribution is 2.24. The first-order valence-corrected chi connectivity index (χ1v) is 8.01. The normalized spacial score (nSPS) is 14.4. The Kier molecular flexibility index (Phi) is 5.09. The van der Waals surface area contributed by atoms with Gasteiger partial charge in [0, 0.05) is 11.9 Å². The summed E-state index contributed by atoms with van der Waals surface area (Å²) in [6.07, 6.45) is 6.82. The Labute approximate surface area is 136 Å². The molecule has 5 heteroatoms. The Morgan fingerprint density at radius 2 is 1.91 bits per heavy atom. The number of urea groups is 1. The van der Waals surface area contributed by atoms with Crippen LogP contribution >= 0.6 is 0 Å². The first kappa shape index (κ1) is 15.3. The van der Waals surface area contributed by atoms with Crippen LogP contribution in [0.3, 0.4) is 0 Å². The number of nitrogens with zero attached hydrogens (tertiary/aromatic N) is 1. The van der Waals surface area contributed by atoms with Crippen LogP contribution in [0.1, 0.15) is 31.4 Å². The van der Waals surface area contributed by atoms with Crippen molar-refractivity contribution in [3.05, 3.63) is 54.4 Å². The SMILES string of the molecule is O=C(NCc1ccccn1)Nc1ccc(OC2CCCC2)cc1. The Hall–Kier alpha value is -2.56. The van der Waals surface area contributed by atoms with Crippen LogP contribution in [0, 0.1) is 0 Å². The predicted octanol–water partition coefficient (Wildman–Crippen LogP) is 3.72. The van der Waals surface area contributed by atoms with Crippen molar-refractivity contribution >= 4 is 11.7 Å². The number of benzene rings is 1. The molecule has 23 heavy (non-hydrogen) atoms. The molecule has 3 rings (SSSR count). The summed E-state index contributed by atoms with van der Waals surface area (Å²) in [4.78, 5) is 16.0. The monoisotopic (exact) mass is 311 g/mol. The van der Waals surface area contributed by atoms with E-state index in [-0.39, 0.29) is 6.03 Å². The number of aromatic nitrogens is 1. The minimum atomic E-state index is -0.250. The van der Waals surface area contributed by atoms with Gasteiger partial charge in [-0.25, -0.2) is 4.79 Å². The average Bonchev–Trinajstić information content (AvgIpc) is 3.09. The van der Waals surface area contributed by atoms with Gasteiger partial charge in [-0.15, -0.1) is 0 Å². The Morgan fingerprint density at radius 3 is 2.61 bits per heavy atom. The van der Waals surface area contributed by atoms with Gasteiger partial charge in [0.1, 0.15) is 5.75 Å². The predicted molar refractivity (Wildman–Crippen MR) is 89.4 cm³/mol. The van der Waals surface area contributed by atoms with Crippen LogP contribution in [0.2, 0.25) is 0 Å². The topological polar surface area (TPSA) is 63.2 Å². The van der Waals surface area contributed by atoms with Gasteiger partial charge in [0.05, 0.1) is 18.3 Å². The quantitative estimate of drug-likeness (QED) is 0.884. The van der Waals surface area contributed by atoms with Gasteiger partial charge >= 0.3 is 6.03 Å². The molecule has 1 aromatic carbocycles. The molecule has 1 heterocycles. The molecule has 0 aliphatic heterocycles. The van der Waals surface area contributed by atoms with Crippen molar-refractivity contribution in [1.29, 1.82) is 0 Å². The van der Waals surface area contributed by atoms with E-state index in [1.807, 2.05) is 42.5 Å². The molecule has 1 fully saturated rings. The zero-order chi connectivity index (χ0) is 15.9. The second kappa shape index (κ2) is 7.63. The highest BCUT2D eigenvalue weighted by molar-refractivity contribution is 5.89. The summed E-state index contributed by atoms with van der Waals surface area (Å²) in [6.45, 7) is 0.398. The Bertz CT molecular complexity index is 622. The summed E-state index contributed by atoms with van der Waals surface area (Å²) in [5.41, 5.74) is 1.56. The number of anilines is 1. The summed E-state index contributed by atoms with van der Waals surface area (Å²) in [6, 6.07) is 12.9. The fourth-order valence-electron chi connectivity index (χ4n) is 2.66. The van der Waals surface area contributed by atoms with E-state index in [2.05, 4.69) is 15.6 Å². The first-order valence-electron chi connectivity index (χ1n) is 8.01. The summed E-state index contributed by atoms with van der Waals surface area (Å²) in [5, 5.41) is 5.58. The van der Waals surface area contributed by atoms with Crippen LogP contribution in [0.15, 0.2) is 48.7 Å². The number of hydrogen-bond acceptors (Lipinski definition) is 3. The molecule has 1 aromatic heterocycles. The zero-order valence-electron chi connectivity index (χ0n) is 13.0. The number of pyridine rings is 1. The van der Waals surface area contributed by atoms with Crippen molar-refractivity contribution in [1.82, 2.24) is 10.3 Å². The van der Waals surface area contributed by atoms with Gasteiger partial charge in [0.25, 0.3) is 0 Å². The number of hydrogen-bond donors (Lipinski definition) is 2. The van der Waals surface area contributed by atoms with E-state index in [1.54, 1.807) is 6.20 Å². The second-order valence-corrected chi connectivity index (χ2v) is 5.68. The van der Waals surface area contributed by atoms with Crippen LogP contribution in [-0.2, 0) is 6.54 Å². The third kappa shape index (κ3) is 4.71. The number of rotatable bonds is 5. The molecule has 0 bridgehead atoms. The van der Waals surface area contributed by atoms with Crippen molar-refractivity contribution < 1.29 is 9.53 Å². The molecule has 0 atom stereocenters. The highest BCUT2D eigenvalue weighted by atomic mass is 16.5. The van der Waals surface area contributed by atoms with Crippen LogP contribution < -0.4 is 15.4 Å². The summed E-state index contributed by atoms with van der Waals surface area (Å²) in [7, 11) is 0. The fourth-order valence-corrected chi connectivity index (χ4v) is 2.66. The average molecular weight is 311 g/mol. The molecule has 0 radical (unpaired) electrons. The lowest BCUT2D eigenvalue weighted by atomic mass is 10.3. The lowest BCUT2D eigenvalue weighted by Gasteiger charge is -2.13. The fraction of sp³-hybridized carbons (Fsp3) is 0.333. The molecule has 1 aliphatic rings. The van der Waals surface area contributed by atoms with Gasteiger partial charge < -0.3 is 15.4 Å². The van der Waals surface area contributed by atoms with Gasteiger partial charge in [-0.2, -0.15) is 0 Å². The van der Waals surface area contributed by atoms with Gasteiger partial charge in [-0.1, -0.05) is 6.07 Å². The lowest BCUT2D eigenvalue weighted by molar-refractivity contribution is 0.210. The molecule has 0 spiro atoms. The van der Waals surface area contributed by atoms with Gasteiger partial charge in [-0.3, -0.25) is 4.98 Å². The van der Waals surface area contributed by atoms with Crippen molar-refractivity contribution in [3.63, 3.8) is 0 Å². The number of carbonyl (C=O) groups excluding carboxylic acids is 1. The molecule has 2 aromatic rings. The van der Waals surface area contributed by atoms with E-state index in [0.29, 0.717) is 12.6 Å². The van der Waals surface area contributed by atoms with Crippen LogP contribution in [0.4, 0.5) is 10.5 Å². The Morgan fingerprint density at radius 1 is 1.13 bits per heavy atom. The third-order valence-electron chi connectivity index (χ3n) is 3.87. The van der Waals surface area contributed by atoms with Gasteiger partial charge in [0.15, 0.2) is 0 Å². The highest BCUT2D eigenvalue weighted by Gasteiger charge is 2.16. The summed E-state index contributed by atoms with van der Waals surface area (Å²) in [5.74, 6) is 0.858. The maximum atomic E-state index is 11.9. The standard InChI is InChI=1S/C18H21N3O2/c22-18(20-13-15-5-3-4-12-19-15)21-14-8-10-17(11-9-14)23-16-6-1-2-7-16/h3-5,8-12,16H,1-2,6-7,13H2,(H2,20,21,22). The minimum absolute atomic E-state index is 0.250. The van der Waals surface area contributed by atoms with Crippen LogP contribution in [0.25, 0.3) is 0 Å². The summed E-state index contributed by atoms with van der Waals surface area (Å²) >= 11 is 0. The van der Waals surface area contributed by atoms with Gasteiger partial charge in [0.2, 0.25) is 0 Å². The molecule has 1 aliphatic carbocycles. The molecule has 120 valence electrons. The van der Waals surface area contributed by atoms with Crippen molar-refractivity contribution in [2.45, 2.75) is 38.3 Å². The Balaban J connectivity index is 1.46. The number of ether oxygens (including phenoxy) is 1. The van der Waals surface area contributed by atoms with E-state index >= 15 is 0 Å². The molecular weight excluding hydrogens is 290 g/mol. The molecule has 2 amide bonds. The smallest absolute Gasteiger partial charge is 0.319 e. The number of carbonyl (C=O) groups is 1. The van der Waals surface area contributed by atoms with E-state index < -0.39 is 0 Å². The van der Waals surface area contributed by atoms with E-state index in [0.717, 1.165) is 30.0 Å². The molecule has 0 saturated heterocycles. The maximum Gasteiger partial charge on any atom is 0.319 e. The molecular formula is C18H21N3O2. The molecule has 0 unspecified atom stereocenters. The van der Waals surface area contributed by atoms with Crippen molar-refractivity contribution in [3.8, 4) is 5.75 Å². The van der Waals surface area contributed by atoms with Crippen molar-refractivity contribution in [2.75, 3.05) is 5.32 Å². The van der Waals surface area contributed by atoms with Crippen LogP contribution in [-0.4, -0.2) is 17.1 Å². The minimum Gasteiger partial charge on any atom is -0.490 e. The number of amides is 2. The van der Waals surface area contributed by atoms with E-state index in [1.165, 1.54) is 12.8 Å². The first-order chi connectivity index (χ1) is 11.3. The molecule has 1 saturated carbocycles. The van der Waals surface area contributed by atoms with E-state index in [9.17, 15) is 4.79 Å². The summed E-state index contributed by atoms with van der Waals surface area (Å²) < 4.78 is 5.90. The van der Waals surface area contributed by atoms with Crippen molar-refractivity contribution in [2.24, 2.45) is 0 Å². The zero-order valence-corrected chi connectivity index (χ0v) is 13.0. The molecule has 2 N–H and O–H groups in total. The van der Waals surface area contributed by atoms with Crippen LogP contribution in [0.5, 0.6) is 5.75 Å². The third-order valence-corrected chi connectivity index (χ3v) is 3.87.